The van der Waals surface area contributed by atoms with Gasteiger partial charge in [-0.15, -0.1) is 11.3 Å². The molecule has 0 bridgehead atoms. The molecule has 88 valence electrons. The lowest BCUT2D eigenvalue weighted by atomic mass is 10.2. The summed E-state index contributed by atoms with van der Waals surface area (Å²) in [7, 11) is 0. The summed E-state index contributed by atoms with van der Waals surface area (Å²) in [5, 5.41) is 10.7. The molecule has 1 aromatic heterocycles. The van der Waals surface area contributed by atoms with Crippen LogP contribution in [0.4, 0.5) is 0 Å². The van der Waals surface area contributed by atoms with Gasteiger partial charge in [0, 0.05) is 4.88 Å². The van der Waals surface area contributed by atoms with Crippen LogP contribution in [0.1, 0.15) is 17.7 Å². The van der Waals surface area contributed by atoms with Crippen LogP contribution in [0.25, 0.3) is 0 Å². The van der Waals surface area contributed by atoms with Gasteiger partial charge < -0.3 is 14.6 Å². The van der Waals surface area contributed by atoms with Gasteiger partial charge >= 0.3 is 5.97 Å². The van der Waals surface area contributed by atoms with Crippen LogP contribution in [-0.2, 0) is 20.9 Å². The maximum atomic E-state index is 10.6. The molecule has 0 spiro atoms. The smallest absolute Gasteiger partial charge is 0.332 e. The summed E-state index contributed by atoms with van der Waals surface area (Å²) in [4.78, 5) is 11.8. The van der Waals surface area contributed by atoms with Crippen LogP contribution in [-0.4, -0.2) is 29.9 Å². The Bertz CT molecular complexity index is 336. The average molecular weight is 242 g/mol. The number of rotatable bonds is 5. The van der Waals surface area contributed by atoms with E-state index in [1.54, 1.807) is 11.3 Å². The highest BCUT2D eigenvalue weighted by Gasteiger charge is 2.30. The first-order chi connectivity index (χ1) is 7.75. The van der Waals surface area contributed by atoms with Gasteiger partial charge in [-0.05, 0) is 24.3 Å². The summed E-state index contributed by atoms with van der Waals surface area (Å²) in [5.41, 5.74) is 0. The van der Waals surface area contributed by atoms with E-state index in [0.29, 0.717) is 19.6 Å². The summed E-state index contributed by atoms with van der Waals surface area (Å²) in [5.74, 6) is -0.874. The molecule has 1 aliphatic rings. The van der Waals surface area contributed by atoms with E-state index < -0.39 is 12.1 Å². The zero-order valence-corrected chi connectivity index (χ0v) is 9.61. The summed E-state index contributed by atoms with van der Waals surface area (Å²) in [6.45, 7) is 1.05. The van der Waals surface area contributed by atoms with Crippen molar-refractivity contribution in [2.75, 3.05) is 6.61 Å². The van der Waals surface area contributed by atoms with E-state index in [9.17, 15) is 4.79 Å². The molecule has 2 heterocycles. The molecule has 16 heavy (non-hydrogen) atoms. The van der Waals surface area contributed by atoms with Gasteiger partial charge in [0.25, 0.3) is 0 Å². The maximum absolute atomic E-state index is 10.6. The van der Waals surface area contributed by atoms with Gasteiger partial charge in [0.15, 0.2) is 6.10 Å². The molecule has 2 rings (SSSR count). The second-order valence-corrected chi connectivity index (χ2v) is 4.79. The molecular weight excluding hydrogens is 228 g/mol. The molecule has 5 heteroatoms. The minimum atomic E-state index is -0.874. The predicted molar refractivity (Wildman–Crippen MR) is 59.5 cm³/mol. The van der Waals surface area contributed by atoms with Gasteiger partial charge in [-0.3, -0.25) is 0 Å². The normalized spacial score (nSPS) is 24.8. The summed E-state index contributed by atoms with van der Waals surface area (Å²) in [6, 6.07) is 4.00. The first-order valence-corrected chi connectivity index (χ1v) is 6.12. The first kappa shape index (κ1) is 11.6. The SMILES string of the molecule is O=C(O)C1CCC(COCc2cccs2)O1. The Labute approximate surface area is 97.8 Å². The Morgan fingerprint density at radius 1 is 1.62 bits per heavy atom. The highest BCUT2D eigenvalue weighted by molar-refractivity contribution is 7.09. The molecule has 0 radical (unpaired) electrons. The van der Waals surface area contributed by atoms with Crippen molar-refractivity contribution in [2.24, 2.45) is 0 Å². The summed E-state index contributed by atoms with van der Waals surface area (Å²) in [6.07, 6.45) is 0.639. The molecule has 1 aromatic rings. The van der Waals surface area contributed by atoms with Crippen LogP contribution in [0, 0.1) is 0 Å². The van der Waals surface area contributed by atoms with Crippen LogP contribution in [0.2, 0.25) is 0 Å². The Hall–Kier alpha value is -0.910. The zero-order valence-electron chi connectivity index (χ0n) is 8.80. The molecule has 0 aliphatic carbocycles. The minimum Gasteiger partial charge on any atom is -0.479 e. The molecular formula is C11H14O4S. The topological polar surface area (TPSA) is 55.8 Å². The van der Waals surface area contributed by atoms with E-state index in [0.717, 1.165) is 6.42 Å². The molecule has 1 fully saturated rings. The average Bonchev–Trinajstić information content (AvgIpc) is 2.87. The lowest BCUT2D eigenvalue weighted by molar-refractivity contribution is -0.150. The van der Waals surface area contributed by atoms with Crippen molar-refractivity contribution < 1.29 is 19.4 Å². The maximum Gasteiger partial charge on any atom is 0.332 e. The van der Waals surface area contributed by atoms with Gasteiger partial charge in [0.05, 0.1) is 19.3 Å². The van der Waals surface area contributed by atoms with E-state index in [1.807, 2.05) is 17.5 Å². The molecule has 0 saturated carbocycles. The van der Waals surface area contributed by atoms with Gasteiger partial charge in [-0.25, -0.2) is 4.79 Å². The van der Waals surface area contributed by atoms with Gasteiger partial charge in [0.2, 0.25) is 0 Å². The third kappa shape index (κ3) is 3.04. The van der Waals surface area contributed by atoms with Crippen LogP contribution >= 0.6 is 11.3 Å². The fourth-order valence-electron chi connectivity index (χ4n) is 1.70. The lowest BCUT2D eigenvalue weighted by Crippen LogP contribution is -2.22. The second kappa shape index (κ2) is 5.43. The fraction of sp³-hybridized carbons (Fsp3) is 0.545. The van der Waals surface area contributed by atoms with Crippen molar-refractivity contribution in [3.63, 3.8) is 0 Å². The van der Waals surface area contributed by atoms with Crippen molar-refractivity contribution in [1.82, 2.24) is 0 Å². The molecule has 0 aromatic carbocycles. The fourth-order valence-corrected chi connectivity index (χ4v) is 2.34. The van der Waals surface area contributed by atoms with Gasteiger partial charge in [-0.1, -0.05) is 6.07 Å². The van der Waals surface area contributed by atoms with Crippen LogP contribution in [0.3, 0.4) is 0 Å². The number of ether oxygens (including phenoxy) is 2. The first-order valence-electron chi connectivity index (χ1n) is 5.24. The zero-order chi connectivity index (χ0) is 11.4. The van der Waals surface area contributed by atoms with E-state index in [-0.39, 0.29) is 6.10 Å². The quantitative estimate of drug-likeness (QED) is 0.856. The molecule has 2 atom stereocenters. The third-order valence-electron chi connectivity index (χ3n) is 2.51. The highest BCUT2D eigenvalue weighted by Crippen LogP contribution is 2.20. The van der Waals surface area contributed by atoms with Crippen LogP contribution in [0.15, 0.2) is 17.5 Å². The third-order valence-corrected chi connectivity index (χ3v) is 3.36. The molecule has 0 amide bonds. The number of hydrogen-bond acceptors (Lipinski definition) is 4. The number of aliphatic carboxylic acids is 1. The van der Waals surface area contributed by atoms with Crippen LogP contribution < -0.4 is 0 Å². The standard InChI is InChI=1S/C11H14O4S/c12-11(13)10-4-3-8(15-10)6-14-7-9-2-1-5-16-9/h1-2,5,8,10H,3-4,6-7H2,(H,12,13). The summed E-state index contributed by atoms with van der Waals surface area (Å²) < 4.78 is 10.8. The van der Waals surface area contributed by atoms with E-state index >= 15 is 0 Å². The van der Waals surface area contributed by atoms with Gasteiger partial charge in [0.1, 0.15) is 0 Å². The predicted octanol–water partition coefficient (Wildman–Crippen LogP) is 1.90. The Balaban J connectivity index is 1.66. The van der Waals surface area contributed by atoms with Crippen molar-refractivity contribution in [2.45, 2.75) is 31.7 Å². The minimum absolute atomic E-state index is 0.0685. The van der Waals surface area contributed by atoms with Crippen molar-refractivity contribution in [1.29, 1.82) is 0 Å². The van der Waals surface area contributed by atoms with E-state index in [2.05, 4.69) is 0 Å². The molecule has 4 nitrogen and oxygen atoms in total. The van der Waals surface area contributed by atoms with Crippen molar-refractivity contribution >= 4 is 17.3 Å². The monoisotopic (exact) mass is 242 g/mol. The summed E-state index contributed by atoms with van der Waals surface area (Å²) >= 11 is 1.65. The number of carboxylic acids is 1. The Kier molecular flexibility index (Phi) is 3.93. The lowest BCUT2D eigenvalue weighted by Gasteiger charge is -2.11. The molecule has 1 saturated heterocycles. The Morgan fingerprint density at radius 3 is 3.12 bits per heavy atom. The number of hydrogen-bond donors (Lipinski definition) is 1. The van der Waals surface area contributed by atoms with E-state index in [1.165, 1.54) is 4.88 Å². The van der Waals surface area contributed by atoms with E-state index in [4.69, 9.17) is 14.6 Å². The molecule has 1 aliphatic heterocycles. The Morgan fingerprint density at radius 2 is 2.50 bits per heavy atom. The van der Waals surface area contributed by atoms with Gasteiger partial charge in [-0.2, -0.15) is 0 Å². The highest BCUT2D eigenvalue weighted by atomic mass is 32.1. The van der Waals surface area contributed by atoms with Crippen molar-refractivity contribution in [3.8, 4) is 0 Å². The number of carbonyl (C=O) groups is 1. The van der Waals surface area contributed by atoms with Crippen LogP contribution in [0.5, 0.6) is 0 Å². The molecule has 2 unspecified atom stereocenters. The number of carboxylic acid groups (broad SMARTS) is 1. The largest absolute Gasteiger partial charge is 0.479 e. The second-order valence-electron chi connectivity index (χ2n) is 3.76. The van der Waals surface area contributed by atoms with Crippen molar-refractivity contribution in [3.05, 3.63) is 22.4 Å². The molecule has 1 N–H and O–H groups in total. The number of thiophene rings is 1.